The van der Waals surface area contributed by atoms with Gasteiger partial charge in [-0.25, -0.2) is 4.79 Å². The summed E-state index contributed by atoms with van der Waals surface area (Å²) in [5, 5.41) is 7.56. The van der Waals surface area contributed by atoms with E-state index in [2.05, 4.69) is 10.6 Å². The Bertz CT molecular complexity index is 851. The molecule has 132 valence electrons. The fourth-order valence-corrected chi connectivity index (χ4v) is 3.58. The highest BCUT2D eigenvalue weighted by atomic mass is 32.1. The van der Waals surface area contributed by atoms with Crippen LogP contribution in [0.3, 0.4) is 0 Å². The summed E-state index contributed by atoms with van der Waals surface area (Å²) >= 11 is 1.60. The van der Waals surface area contributed by atoms with Crippen LogP contribution in [0.4, 0.5) is 4.79 Å². The molecule has 0 bridgehead atoms. The van der Waals surface area contributed by atoms with Gasteiger partial charge in [-0.2, -0.15) is 0 Å². The van der Waals surface area contributed by atoms with Crippen molar-refractivity contribution in [1.82, 2.24) is 10.6 Å². The first-order valence-corrected chi connectivity index (χ1v) is 9.03. The van der Waals surface area contributed by atoms with E-state index in [9.17, 15) is 9.59 Å². The molecule has 0 saturated heterocycles. The first kappa shape index (κ1) is 17.8. The summed E-state index contributed by atoms with van der Waals surface area (Å²) in [5.74, 6) is -0.485. The van der Waals surface area contributed by atoms with Crippen molar-refractivity contribution in [2.45, 2.75) is 12.1 Å². The molecule has 26 heavy (non-hydrogen) atoms. The zero-order valence-electron chi connectivity index (χ0n) is 14.0. The maximum atomic E-state index is 12.6. The van der Waals surface area contributed by atoms with Crippen molar-refractivity contribution in [2.75, 3.05) is 0 Å². The second-order valence-electron chi connectivity index (χ2n) is 5.72. The van der Waals surface area contributed by atoms with Crippen LogP contribution in [0.15, 0.2) is 78.2 Å². The number of primary amides is 1. The molecule has 0 radical (unpaired) electrons. The minimum absolute atomic E-state index is 0.194. The lowest BCUT2D eigenvalue weighted by molar-refractivity contribution is -0.122. The zero-order chi connectivity index (χ0) is 18.4. The minimum Gasteiger partial charge on any atom is -0.351 e. The predicted molar refractivity (Wildman–Crippen MR) is 103 cm³/mol. The Balaban J connectivity index is 1.97. The van der Waals surface area contributed by atoms with Gasteiger partial charge in [-0.05, 0) is 22.6 Å². The van der Waals surface area contributed by atoms with Crippen LogP contribution in [0.2, 0.25) is 0 Å². The van der Waals surface area contributed by atoms with Crippen LogP contribution < -0.4 is 16.4 Å². The lowest BCUT2D eigenvalue weighted by atomic mass is 10.0. The van der Waals surface area contributed by atoms with Crippen molar-refractivity contribution in [3.8, 4) is 0 Å². The number of benzene rings is 2. The molecule has 0 aliphatic carbocycles. The van der Waals surface area contributed by atoms with Gasteiger partial charge in [-0.3, -0.25) is 15.4 Å². The smallest absolute Gasteiger partial charge is 0.318 e. The van der Waals surface area contributed by atoms with E-state index in [0.717, 1.165) is 16.0 Å². The van der Waals surface area contributed by atoms with Crippen molar-refractivity contribution in [2.24, 2.45) is 5.73 Å². The fraction of sp³-hybridized carbons (Fsp3) is 0.100. The molecule has 6 heteroatoms. The molecule has 2 atom stereocenters. The number of urea groups is 1. The van der Waals surface area contributed by atoms with Crippen LogP contribution in [-0.2, 0) is 4.79 Å². The van der Waals surface area contributed by atoms with Gasteiger partial charge < -0.3 is 5.73 Å². The van der Waals surface area contributed by atoms with Gasteiger partial charge in [0.1, 0.15) is 6.04 Å². The average molecular weight is 365 g/mol. The molecule has 0 fully saturated rings. The summed E-state index contributed by atoms with van der Waals surface area (Å²) in [6, 6.07) is 21.3. The number of thiophene rings is 1. The normalized spacial score (nSPS) is 12.9. The number of carbonyl (C=O) groups is 2. The van der Waals surface area contributed by atoms with Crippen LogP contribution in [0, 0.1) is 0 Å². The lowest BCUT2D eigenvalue weighted by Gasteiger charge is -2.25. The molecule has 4 N–H and O–H groups in total. The zero-order valence-corrected chi connectivity index (χ0v) is 14.8. The summed E-state index contributed by atoms with van der Waals surface area (Å²) in [6.07, 6.45) is 0. The van der Waals surface area contributed by atoms with Crippen LogP contribution >= 0.6 is 11.3 Å². The van der Waals surface area contributed by atoms with Crippen LogP contribution in [0.1, 0.15) is 28.1 Å². The Morgan fingerprint density at radius 2 is 1.46 bits per heavy atom. The molecule has 3 rings (SSSR count). The van der Waals surface area contributed by atoms with E-state index in [4.69, 9.17) is 5.73 Å². The van der Waals surface area contributed by atoms with Crippen LogP contribution in [0.25, 0.3) is 0 Å². The van der Waals surface area contributed by atoms with Gasteiger partial charge in [0.05, 0.1) is 6.04 Å². The van der Waals surface area contributed by atoms with Gasteiger partial charge in [0, 0.05) is 4.88 Å². The molecule has 1 aromatic heterocycles. The van der Waals surface area contributed by atoms with Crippen molar-refractivity contribution in [1.29, 1.82) is 0 Å². The Labute approximate surface area is 155 Å². The third kappa shape index (κ3) is 4.36. The second kappa shape index (κ2) is 8.42. The van der Waals surface area contributed by atoms with E-state index in [1.165, 1.54) is 0 Å². The first-order chi connectivity index (χ1) is 12.6. The molecule has 5 nitrogen and oxygen atoms in total. The third-order valence-electron chi connectivity index (χ3n) is 3.94. The second-order valence-corrected chi connectivity index (χ2v) is 6.70. The molecule has 1 heterocycles. The lowest BCUT2D eigenvalue weighted by Crippen LogP contribution is -2.44. The summed E-state index contributed by atoms with van der Waals surface area (Å²) in [4.78, 5) is 24.9. The van der Waals surface area contributed by atoms with Gasteiger partial charge in [0.2, 0.25) is 5.91 Å². The third-order valence-corrected chi connectivity index (χ3v) is 4.87. The number of hydrogen-bond donors (Lipinski definition) is 3. The number of amides is 3. The van der Waals surface area contributed by atoms with Crippen molar-refractivity contribution in [3.05, 3.63) is 94.2 Å². The highest BCUT2D eigenvalue weighted by Gasteiger charge is 2.26. The topological polar surface area (TPSA) is 84.2 Å². The highest BCUT2D eigenvalue weighted by Crippen LogP contribution is 2.29. The number of hydrogen-bond acceptors (Lipinski definition) is 4. The molecule has 3 aromatic rings. The Hall–Kier alpha value is -2.96. The van der Waals surface area contributed by atoms with E-state index in [-0.39, 0.29) is 6.04 Å². The van der Waals surface area contributed by atoms with E-state index in [1.54, 1.807) is 11.3 Å². The number of rotatable bonds is 6. The number of carbonyl (C=O) groups excluding carboxylic acids is 2. The van der Waals surface area contributed by atoms with E-state index < -0.39 is 18.0 Å². The molecule has 0 saturated carbocycles. The van der Waals surface area contributed by atoms with Gasteiger partial charge >= 0.3 is 6.03 Å². The van der Waals surface area contributed by atoms with Crippen molar-refractivity contribution in [3.63, 3.8) is 0 Å². The average Bonchev–Trinajstić information content (AvgIpc) is 3.17. The van der Waals surface area contributed by atoms with Crippen LogP contribution in [0.5, 0.6) is 0 Å². The standard InChI is InChI=1S/C20H19N3O2S/c21-20(25)23-19(24)18(15-10-5-2-6-11-15)22-17(16-12-7-13-26-16)14-8-3-1-4-9-14/h1-13,17-18,22H,(H3,21,23,24,25)/t17-,18+/m0/s1. The number of nitrogens with one attached hydrogen (secondary N) is 2. The molecule has 2 aromatic carbocycles. The summed E-state index contributed by atoms with van der Waals surface area (Å²) in [5.41, 5.74) is 6.93. The molecule has 0 aliphatic heterocycles. The predicted octanol–water partition coefficient (Wildman–Crippen LogP) is 3.36. The molecule has 0 unspecified atom stereocenters. The Morgan fingerprint density at radius 3 is 2.00 bits per heavy atom. The summed E-state index contributed by atoms with van der Waals surface area (Å²) in [6.45, 7) is 0. The fourth-order valence-electron chi connectivity index (χ4n) is 2.77. The molecule has 3 amide bonds. The van der Waals surface area contributed by atoms with Crippen LogP contribution in [-0.4, -0.2) is 11.9 Å². The van der Waals surface area contributed by atoms with Crippen molar-refractivity contribution < 1.29 is 9.59 Å². The van der Waals surface area contributed by atoms with E-state index in [0.29, 0.717) is 0 Å². The highest BCUT2D eigenvalue weighted by molar-refractivity contribution is 7.10. The van der Waals surface area contributed by atoms with Gasteiger partial charge in [-0.1, -0.05) is 66.7 Å². The molecule has 0 spiro atoms. The molecular weight excluding hydrogens is 346 g/mol. The van der Waals surface area contributed by atoms with Crippen molar-refractivity contribution >= 4 is 23.3 Å². The van der Waals surface area contributed by atoms with Gasteiger partial charge in [-0.15, -0.1) is 11.3 Å². The summed E-state index contributed by atoms with van der Waals surface area (Å²) in [7, 11) is 0. The maximum Gasteiger partial charge on any atom is 0.318 e. The SMILES string of the molecule is NC(=O)NC(=O)[C@H](N[C@@H](c1ccccc1)c1cccs1)c1ccccc1. The first-order valence-electron chi connectivity index (χ1n) is 8.15. The quantitative estimate of drug-likeness (QED) is 0.626. The van der Waals surface area contributed by atoms with Gasteiger partial charge in [0.25, 0.3) is 0 Å². The summed E-state index contributed by atoms with van der Waals surface area (Å²) < 4.78 is 0. The molecular formula is C20H19N3O2S. The van der Waals surface area contributed by atoms with E-state index in [1.807, 2.05) is 78.2 Å². The minimum atomic E-state index is -0.870. The Kier molecular flexibility index (Phi) is 5.78. The number of imide groups is 1. The Morgan fingerprint density at radius 1 is 0.846 bits per heavy atom. The van der Waals surface area contributed by atoms with E-state index >= 15 is 0 Å². The maximum absolute atomic E-state index is 12.6. The van der Waals surface area contributed by atoms with Gasteiger partial charge in [0.15, 0.2) is 0 Å². The monoisotopic (exact) mass is 365 g/mol. The largest absolute Gasteiger partial charge is 0.351 e. The molecule has 0 aliphatic rings. The number of nitrogens with two attached hydrogens (primary N) is 1.